The highest BCUT2D eigenvalue weighted by molar-refractivity contribution is 7.26. The molecular weight excluding hydrogens is 444 g/mol. The van der Waals surface area contributed by atoms with Crippen molar-refractivity contribution >= 4 is 42.4 Å². The topological polar surface area (TPSA) is 25.8 Å². The summed E-state index contributed by atoms with van der Waals surface area (Å²) in [6.07, 6.45) is 0. The predicted molar refractivity (Wildman–Crippen MR) is 149 cm³/mol. The maximum atomic E-state index is 5.06. The van der Waals surface area contributed by atoms with E-state index in [4.69, 9.17) is 9.97 Å². The Morgan fingerprint density at radius 3 is 2.03 bits per heavy atom. The van der Waals surface area contributed by atoms with Gasteiger partial charge in [-0.15, -0.1) is 11.3 Å². The average molecular weight is 465 g/mol. The van der Waals surface area contributed by atoms with Crippen molar-refractivity contribution in [3.05, 3.63) is 121 Å². The fourth-order valence-electron chi connectivity index (χ4n) is 4.80. The molecule has 0 unspecified atom stereocenters. The molecule has 7 aromatic rings. The van der Waals surface area contributed by atoms with Gasteiger partial charge >= 0.3 is 0 Å². The van der Waals surface area contributed by atoms with Crippen molar-refractivity contribution in [2.24, 2.45) is 0 Å². The summed E-state index contributed by atoms with van der Waals surface area (Å²) in [6, 6.07) is 42.4. The van der Waals surface area contributed by atoms with E-state index in [0.717, 1.165) is 33.5 Å². The third-order valence-corrected chi connectivity index (χ3v) is 7.71. The lowest BCUT2D eigenvalue weighted by molar-refractivity contribution is 1.23. The summed E-state index contributed by atoms with van der Waals surface area (Å²) in [5.74, 6) is 0.747. The molecule has 2 aromatic heterocycles. The number of aromatic nitrogens is 2. The molecule has 0 atom stereocenters. The fraction of sp³-hybridized carbons (Fsp3) is 0. The lowest BCUT2D eigenvalue weighted by Gasteiger charge is -2.11. The Morgan fingerprint density at radius 1 is 0.486 bits per heavy atom. The Balaban J connectivity index is 1.49. The van der Waals surface area contributed by atoms with Gasteiger partial charge in [-0.2, -0.15) is 0 Å². The molecule has 0 aliphatic rings. The average Bonchev–Trinajstić information content (AvgIpc) is 3.32. The fourth-order valence-corrected chi connectivity index (χ4v) is 6.04. The van der Waals surface area contributed by atoms with E-state index in [1.54, 1.807) is 0 Å². The summed E-state index contributed by atoms with van der Waals surface area (Å²) in [5, 5.41) is 3.68. The highest BCUT2D eigenvalue weighted by Gasteiger charge is 2.15. The number of thiophene rings is 1. The largest absolute Gasteiger partial charge is 0.228 e. The number of rotatable bonds is 3. The molecule has 2 heterocycles. The first-order chi connectivity index (χ1) is 17.3. The van der Waals surface area contributed by atoms with Crippen LogP contribution < -0.4 is 0 Å². The molecule has 0 spiro atoms. The lowest BCUT2D eigenvalue weighted by Crippen LogP contribution is -1.95. The van der Waals surface area contributed by atoms with Crippen LogP contribution in [0.4, 0.5) is 0 Å². The van der Waals surface area contributed by atoms with Crippen LogP contribution in [0.15, 0.2) is 121 Å². The van der Waals surface area contributed by atoms with Crippen molar-refractivity contribution in [3.8, 4) is 33.8 Å². The molecule has 0 bridgehead atoms. The molecule has 0 radical (unpaired) electrons. The first-order valence-electron chi connectivity index (χ1n) is 11.7. The molecule has 0 saturated carbocycles. The molecule has 2 nitrogen and oxygen atoms in total. The van der Waals surface area contributed by atoms with E-state index in [1.807, 2.05) is 35.6 Å². The SMILES string of the molecule is c1ccc(-c2nc(-c3ccccc3)c3cc(-c4cccc5c4sc4ccccc45)ccc3n2)cc1. The third-order valence-electron chi connectivity index (χ3n) is 6.49. The van der Waals surface area contributed by atoms with Gasteiger partial charge in [0.15, 0.2) is 5.82 Å². The molecule has 5 aromatic carbocycles. The quantitative estimate of drug-likeness (QED) is 0.261. The summed E-state index contributed by atoms with van der Waals surface area (Å²) < 4.78 is 2.63. The number of fused-ring (bicyclic) bond motifs is 4. The monoisotopic (exact) mass is 464 g/mol. The Hall–Kier alpha value is -4.34. The first-order valence-corrected chi connectivity index (χ1v) is 12.5. The van der Waals surface area contributed by atoms with E-state index in [1.165, 1.54) is 31.3 Å². The summed E-state index contributed by atoms with van der Waals surface area (Å²) in [6.45, 7) is 0. The minimum atomic E-state index is 0.747. The summed E-state index contributed by atoms with van der Waals surface area (Å²) >= 11 is 1.86. The zero-order chi connectivity index (χ0) is 23.2. The minimum absolute atomic E-state index is 0.747. The van der Waals surface area contributed by atoms with Gasteiger partial charge < -0.3 is 0 Å². The van der Waals surface area contributed by atoms with Crippen LogP contribution in [0.5, 0.6) is 0 Å². The van der Waals surface area contributed by atoms with Crippen molar-refractivity contribution in [1.82, 2.24) is 9.97 Å². The van der Waals surface area contributed by atoms with E-state index in [2.05, 4.69) is 97.1 Å². The van der Waals surface area contributed by atoms with Gasteiger partial charge in [-0.3, -0.25) is 0 Å². The normalized spacial score (nSPS) is 11.4. The van der Waals surface area contributed by atoms with Crippen LogP contribution in [0.3, 0.4) is 0 Å². The summed E-state index contributed by atoms with van der Waals surface area (Å²) in [7, 11) is 0. The van der Waals surface area contributed by atoms with Crippen molar-refractivity contribution in [2.75, 3.05) is 0 Å². The van der Waals surface area contributed by atoms with Gasteiger partial charge in [0, 0.05) is 36.7 Å². The van der Waals surface area contributed by atoms with Crippen LogP contribution in [0.25, 0.3) is 64.8 Å². The predicted octanol–water partition coefficient (Wildman–Crippen LogP) is 9.00. The Labute approximate surface area is 207 Å². The third kappa shape index (κ3) is 3.40. The molecule has 0 aliphatic carbocycles. The van der Waals surface area contributed by atoms with Gasteiger partial charge in [0.1, 0.15) is 0 Å². The van der Waals surface area contributed by atoms with Crippen LogP contribution in [0, 0.1) is 0 Å². The van der Waals surface area contributed by atoms with Crippen molar-refractivity contribution in [1.29, 1.82) is 0 Å². The Bertz CT molecular complexity index is 1840. The first kappa shape index (κ1) is 20.1. The van der Waals surface area contributed by atoms with Crippen LogP contribution in [0.2, 0.25) is 0 Å². The highest BCUT2D eigenvalue weighted by atomic mass is 32.1. The van der Waals surface area contributed by atoms with E-state index in [0.29, 0.717) is 0 Å². The molecule has 35 heavy (non-hydrogen) atoms. The van der Waals surface area contributed by atoms with Crippen molar-refractivity contribution < 1.29 is 0 Å². The van der Waals surface area contributed by atoms with Crippen LogP contribution in [-0.2, 0) is 0 Å². The van der Waals surface area contributed by atoms with Gasteiger partial charge in [-0.1, -0.05) is 103 Å². The maximum Gasteiger partial charge on any atom is 0.160 e. The van der Waals surface area contributed by atoms with E-state index >= 15 is 0 Å². The number of nitrogens with zero attached hydrogens (tertiary/aromatic N) is 2. The molecule has 0 fully saturated rings. The van der Waals surface area contributed by atoms with Gasteiger partial charge in [-0.25, -0.2) is 9.97 Å². The maximum absolute atomic E-state index is 5.06. The highest BCUT2D eigenvalue weighted by Crippen LogP contribution is 2.41. The van der Waals surface area contributed by atoms with Crippen LogP contribution in [-0.4, -0.2) is 9.97 Å². The second-order valence-corrected chi connectivity index (χ2v) is 9.69. The molecule has 0 aliphatic heterocycles. The van der Waals surface area contributed by atoms with Gasteiger partial charge in [0.05, 0.1) is 11.2 Å². The standard InChI is InChI=1S/C32H20N2S/c1-3-10-21(11-4-1)30-27-20-23(18-19-28(27)33-32(34-30)22-12-5-2-6-13-22)24-15-9-16-26-25-14-7-8-17-29(25)35-31(24)26/h1-20H. The summed E-state index contributed by atoms with van der Waals surface area (Å²) in [5.41, 5.74) is 6.45. The van der Waals surface area contributed by atoms with Crippen LogP contribution >= 0.6 is 11.3 Å². The molecule has 3 heteroatoms. The van der Waals surface area contributed by atoms with Crippen LogP contribution in [0.1, 0.15) is 0 Å². The molecule has 164 valence electrons. The lowest BCUT2D eigenvalue weighted by atomic mass is 9.98. The number of benzene rings is 5. The van der Waals surface area contributed by atoms with Crippen molar-refractivity contribution in [3.63, 3.8) is 0 Å². The molecule has 0 saturated heterocycles. The van der Waals surface area contributed by atoms with E-state index < -0.39 is 0 Å². The Kier molecular flexibility index (Phi) is 4.68. The zero-order valence-electron chi connectivity index (χ0n) is 18.8. The van der Waals surface area contributed by atoms with E-state index in [9.17, 15) is 0 Å². The van der Waals surface area contributed by atoms with Gasteiger partial charge in [-0.05, 0) is 29.3 Å². The van der Waals surface area contributed by atoms with Gasteiger partial charge in [0.25, 0.3) is 0 Å². The zero-order valence-corrected chi connectivity index (χ0v) is 19.7. The summed E-state index contributed by atoms with van der Waals surface area (Å²) in [4.78, 5) is 10.0. The molecule has 0 amide bonds. The second-order valence-electron chi connectivity index (χ2n) is 8.64. The molecule has 0 N–H and O–H groups in total. The number of hydrogen-bond donors (Lipinski definition) is 0. The minimum Gasteiger partial charge on any atom is -0.228 e. The molecular formula is C32H20N2S. The van der Waals surface area contributed by atoms with E-state index in [-0.39, 0.29) is 0 Å². The number of hydrogen-bond acceptors (Lipinski definition) is 3. The second kappa shape index (κ2) is 8.15. The molecule has 7 rings (SSSR count). The van der Waals surface area contributed by atoms with Gasteiger partial charge in [0.2, 0.25) is 0 Å². The smallest absolute Gasteiger partial charge is 0.160 e. The Morgan fingerprint density at radius 2 is 1.20 bits per heavy atom. The van der Waals surface area contributed by atoms with Crippen molar-refractivity contribution in [2.45, 2.75) is 0 Å².